The number of nitrogens with one attached hydrogen (secondary N) is 1. The van der Waals surface area contributed by atoms with Crippen LogP contribution in [0.5, 0.6) is 11.5 Å². The molecule has 0 amide bonds. The third-order valence-electron chi connectivity index (χ3n) is 3.43. The fraction of sp³-hybridized carbons (Fsp3) is 0.571. The summed E-state index contributed by atoms with van der Waals surface area (Å²) in [6.07, 6.45) is -0.502. The molecule has 5 heteroatoms. The Balaban J connectivity index is 2.03. The molecule has 1 aliphatic rings. The molecule has 1 fully saturated rings. The van der Waals surface area contributed by atoms with Crippen molar-refractivity contribution in [2.75, 3.05) is 46.9 Å². The number of benzene rings is 1. The summed E-state index contributed by atoms with van der Waals surface area (Å²) in [5.41, 5.74) is 0.858. The smallest absolute Gasteiger partial charge is 0.161 e. The first kappa shape index (κ1) is 14.1. The van der Waals surface area contributed by atoms with Crippen molar-refractivity contribution in [2.24, 2.45) is 0 Å². The van der Waals surface area contributed by atoms with Gasteiger partial charge < -0.3 is 19.9 Å². The fourth-order valence-electron chi connectivity index (χ4n) is 2.30. The Kier molecular flexibility index (Phi) is 5.01. The third kappa shape index (κ3) is 3.59. The molecule has 1 saturated heterocycles. The maximum Gasteiger partial charge on any atom is 0.161 e. The molecule has 5 nitrogen and oxygen atoms in total. The lowest BCUT2D eigenvalue weighted by Crippen LogP contribution is -2.44. The van der Waals surface area contributed by atoms with Crippen molar-refractivity contribution in [3.8, 4) is 11.5 Å². The van der Waals surface area contributed by atoms with E-state index in [4.69, 9.17) is 9.47 Å². The zero-order valence-electron chi connectivity index (χ0n) is 11.6. The Hall–Kier alpha value is -1.30. The minimum absolute atomic E-state index is 0.502. The Labute approximate surface area is 114 Å². The summed E-state index contributed by atoms with van der Waals surface area (Å²) in [4.78, 5) is 2.26. The van der Waals surface area contributed by atoms with Crippen LogP contribution >= 0.6 is 0 Å². The minimum Gasteiger partial charge on any atom is -0.493 e. The summed E-state index contributed by atoms with van der Waals surface area (Å²) in [7, 11) is 3.21. The number of β-amino-alcohol motifs (C(OH)–C–C–N with tert-alkyl or cyclic N) is 1. The zero-order chi connectivity index (χ0) is 13.7. The summed E-state index contributed by atoms with van der Waals surface area (Å²) in [6.45, 7) is 4.57. The average Bonchev–Trinajstić information content (AvgIpc) is 2.47. The van der Waals surface area contributed by atoms with E-state index >= 15 is 0 Å². The van der Waals surface area contributed by atoms with Crippen LogP contribution in [0.2, 0.25) is 0 Å². The highest BCUT2D eigenvalue weighted by Gasteiger charge is 2.17. The maximum absolute atomic E-state index is 10.3. The van der Waals surface area contributed by atoms with Crippen molar-refractivity contribution < 1.29 is 14.6 Å². The van der Waals surface area contributed by atoms with E-state index < -0.39 is 6.10 Å². The molecular formula is C14H22N2O3. The van der Waals surface area contributed by atoms with E-state index in [1.807, 2.05) is 18.2 Å². The molecule has 1 heterocycles. The molecule has 0 radical (unpaired) electrons. The molecule has 0 aromatic heterocycles. The normalized spacial score (nSPS) is 18.1. The molecule has 2 N–H and O–H groups in total. The molecule has 1 aliphatic heterocycles. The molecule has 2 rings (SSSR count). The fourth-order valence-corrected chi connectivity index (χ4v) is 2.30. The van der Waals surface area contributed by atoms with Gasteiger partial charge in [0.05, 0.1) is 20.3 Å². The van der Waals surface area contributed by atoms with Crippen LogP contribution in [-0.2, 0) is 0 Å². The molecule has 0 aliphatic carbocycles. The van der Waals surface area contributed by atoms with Gasteiger partial charge in [-0.1, -0.05) is 6.07 Å². The van der Waals surface area contributed by atoms with E-state index in [0.717, 1.165) is 31.7 Å². The van der Waals surface area contributed by atoms with E-state index in [-0.39, 0.29) is 0 Å². The highest BCUT2D eigenvalue weighted by Crippen LogP contribution is 2.30. The van der Waals surface area contributed by atoms with Crippen LogP contribution < -0.4 is 14.8 Å². The number of piperazine rings is 1. The van der Waals surface area contributed by atoms with E-state index in [0.29, 0.717) is 18.0 Å². The van der Waals surface area contributed by atoms with Crippen molar-refractivity contribution in [3.05, 3.63) is 23.8 Å². The van der Waals surface area contributed by atoms with Gasteiger partial charge in [0.25, 0.3) is 0 Å². The summed E-state index contributed by atoms with van der Waals surface area (Å²) in [5.74, 6) is 1.33. The zero-order valence-corrected chi connectivity index (χ0v) is 11.6. The lowest BCUT2D eigenvalue weighted by Gasteiger charge is -2.29. The number of rotatable bonds is 5. The second-order valence-electron chi connectivity index (χ2n) is 4.68. The SMILES string of the molecule is COc1ccc(C(O)CN2CCNCC2)cc1OC. The summed E-state index contributed by atoms with van der Waals surface area (Å²) >= 11 is 0. The van der Waals surface area contributed by atoms with E-state index in [9.17, 15) is 5.11 Å². The molecule has 0 saturated carbocycles. The number of ether oxygens (including phenoxy) is 2. The number of hydrogen-bond acceptors (Lipinski definition) is 5. The van der Waals surface area contributed by atoms with Gasteiger partial charge in [0, 0.05) is 32.7 Å². The van der Waals surface area contributed by atoms with Crippen LogP contribution in [-0.4, -0.2) is 56.9 Å². The van der Waals surface area contributed by atoms with Gasteiger partial charge in [-0.15, -0.1) is 0 Å². The molecule has 1 atom stereocenters. The van der Waals surface area contributed by atoms with Crippen LogP contribution in [0.15, 0.2) is 18.2 Å². The number of methoxy groups -OCH3 is 2. The second kappa shape index (κ2) is 6.75. The van der Waals surface area contributed by atoms with Gasteiger partial charge in [-0.3, -0.25) is 4.90 Å². The van der Waals surface area contributed by atoms with Gasteiger partial charge in [0.15, 0.2) is 11.5 Å². The van der Waals surface area contributed by atoms with E-state index in [1.165, 1.54) is 0 Å². The Morgan fingerprint density at radius 3 is 2.53 bits per heavy atom. The molecule has 1 aromatic carbocycles. The molecule has 19 heavy (non-hydrogen) atoms. The van der Waals surface area contributed by atoms with E-state index in [2.05, 4.69) is 10.2 Å². The summed E-state index contributed by atoms with van der Waals surface area (Å²) in [6, 6.07) is 5.55. The third-order valence-corrected chi connectivity index (χ3v) is 3.43. The van der Waals surface area contributed by atoms with Crippen LogP contribution in [0.25, 0.3) is 0 Å². The highest BCUT2D eigenvalue weighted by atomic mass is 16.5. The Bertz CT molecular complexity index is 406. The van der Waals surface area contributed by atoms with Gasteiger partial charge in [-0.05, 0) is 17.7 Å². The number of aliphatic hydroxyl groups excluding tert-OH is 1. The number of hydrogen-bond donors (Lipinski definition) is 2. The van der Waals surface area contributed by atoms with E-state index in [1.54, 1.807) is 14.2 Å². The lowest BCUT2D eigenvalue weighted by atomic mass is 10.1. The van der Waals surface area contributed by atoms with Gasteiger partial charge >= 0.3 is 0 Å². The number of aliphatic hydroxyl groups is 1. The van der Waals surface area contributed by atoms with Crippen LogP contribution in [0.3, 0.4) is 0 Å². The Morgan fingerprint density at radius 2 is 1.89 bits per heavy atom. The molecule has 1 aromatic rings. The molecule has 0 spiro atoms. The van der Waals surface area contributed by atoms with Crippen LogP contribution in [0.4, 0.5) is 0 Å². The van der Waals surface area contributed by atoms with Crippen molar-refractivity contribution in [2.45, 2.75) is 6.10 Å². The standard InChI is InChI=1S/C14H22N2O3/c1-18-13-4-3-11(9-14(13)19-2)12(17)10-16-7-5-15-6-8-16/h3-4,9,12,15,17H,5-8,10H2,1-2H3. The van der Waals surface area contributed by atoms with Gasteiger partial charge in [0.2, 0.25) is 0 Å². The van der Waals surface area contributed by atoms with Crippen LogP contribution in [0.1, 0.15) is 11.7 Å². The van der Waals surface area contributed by atoms with Crippen molar-refractivity contribution in [1.29, 1.82) is 0 Å². The predicted octanol–water partition coefficient (Wildman–Crippen LogP) is 0.642. The summed E-state index contributed by atoms with van der Waals surface area (Å²) < 4.78 is 10.5. The quantitative estimate of drug-likeness (QED) is 0.819. The topological polar surface area (TPSA) is 54.0 Å². The monoisotopic (exact) mass is 266 g/mol. The first-order chi connectivity index (χ1) is 9.24. The lowest BCUT2D eigenvalue weighted by molar-refractivity contribution is 0.105. The molecule has 106 valence electrons. The van der Waals surface area contributed by atoms with Gasteiger partial charge in [-0.2, -0.15) is 0 Å². The molecule has 0 bridgehead atoms. The molecule has 1 unspecified atom stereocenters. The average molecular weight is 266 g/mol. The second-order valence-corrected chi connectivity index (χ2v) is 4.68. The predicted molar refractivity (Wildman–Crippen MR) is 73.8 cm³/mol. The van der Waals surface area contributed by atoms with Crippen LogP contribution in [0, 0.1) is 0 Å². The van der Waals surface area contributed by atoms with Gasteiger partial charge in [-0.25, -0.2) is 0 Å². The minimum atomic E-state index is -0.502. The first-order valence-electron chi connectivity index (χ1n) is 6.57. The molecular weight excluding hydrogens is 244 g/mol. The van der Waals surface area contributed by atoms with Gasteiger partial charge in [0.1, 0.15) is 0 Å². The Morgan fingerprint density at radius 1 is 1.21 bits per heavy atom. The summed E-state index contributed by atoms with van der Waals surface area (Å²) in [5, 5.41) is 13.6. The largest absolute Gasteiger partial charge is 0.493 e. The maximum atomic E-state index is 10.3. The van der Waals surface area contributed by atoms with Crippen molar-refractivity contribution >= 4 is 0 Å². The van der Waals surface area contributed by atoms with Crippen molar-refractivity contribution in [1.82, 2.24) is 10.2 Å². The first-order valence-corrected chi connectivity index (χ1v) is 6.57. The highest BCUT2D eigenvalue weighted by molar-refractivity contribution is 5.43. The van der Waals surface area contributed by atoms with Crippen molar-refractivity contribution in [3.63, 3.8) is 0 Å². The number of nitrogens with zero attached hydrogens (tertiary/aromatic N) is 1.